The van der Waals surface area contributed by atoms with Crippen LogP contribution >= 0.6 is 0 Å². The average molecular weight is 270 g/mol. The Labute approximate surface area is 115 Å². The molecule has 0 radical (unpaired) electrons. The molecular weight excluding hydrogens is 256 g/mol. The van der Waals surface area contributed by atoms with E-state index in [1.165, 1.54) is 0 Å². The number of hydrogen-bond donors (Lipinski definition) is 1. The SMILES string of the molecule is CCOc1ccc(-c2c(-c3ccoc3)noc2N)cc1. The number of furan rings is 1. The van der Waals surface area contributed by atoms with Crippen LogP contribution in [0.3, 0.4) is 0 Å². The number of aromatic nitrogens is 1. The molecule has 0 fully saturated rings. The first-order valence-corrected chi connectivity index (χ1v) is 6.30. The molecule has 5 nitrogen and oxygen atoms in total. The third-order valence-electron chi connectivity index (χ3n) is 2.97. The van der Waals surface area contributed by atoms with E-state index in [0.29, 0.717) is 12.3 Å². The number of hydrogen-bond acceptors (Lipinski definition) is 5. The van der Waals surface area contributed by atoms with Crippen molar-refractivity contribution in [3.05, 3.63) is 42.9 Å². The summed E-state index contributed by atoms with van der Waals surface area (Å²) in [6.45, 7) is 2.58. The third kappa shape index (κ3) is 2.14. The van der Waals surface area contributed by atoms with Crippen molar-refractivity contribution in [2.45, 2.75) is 6.92 Å². The second-order valence-electron chi connectivity index (χ2n) is 4.24. The molecule has 0 saturated carbocycles. The smallest absolute Gasteiger partial charge is 0.230 e. The highest BCUT2D eigenvalue weighted by Crippen LogP contribution is 2.36. The third-order valence-corrected chi connectivity index (χ3v) is 2.97. The molecule has 0 amide bonds. The van der Waals surface area contributed by atoms with Crippen molar-refractivity contribution in [3.8, 4) is 28.1 Å². The number of nitrogens with zero attached hydrogens (tertiary/aromatic N) is 1. The predicted molar refractivity (Wildman–Crippen MR) is 75.2 cm³/mol. The quantitative estimate of drug-likeness (QED) is 0.784. The average Bonchev–Trinajstić information content (AvgIpc) is 3.09. The van der Waals surface area contributed by atoms with Crippen molar-refractivity contribution in [1.29, 1.82) is 0 Å². The van der Waals surface area contributed by atoms with Gasteiger partial charge in [0.15, 0.2) is 0 Å². The maximum Gasteiger partial charge on any atom is 0.230 e. The first-order valence-electron chi connectivity index (χ1n) is 6.30. The molecule has 0 atom stereocenters. The summed E-state index contributed by atoms with van der Waals surface area (Å²) in [4.78, 5) is 0. The van der Waals surface area contributed by atoms with E-state index in [9.17, 15) is 0 Å². The van der Waals surface area contributed by atoms with Crippen LogP contribution in [0.1, 0.15) is 6.92 Å². The topological polar surface area (TPSA) is 74.4 Å². The van der Waals surface area contributed by atoms with Gasteiger partial charge in [0.25, 0.3) is 0 Å². The highest BCUT2D eigenvalue weighted by Gasteiger charge is 2.18. The van der Waals surface area contributed by atoms with E-state index >= 15 is 0 Å². The van der Waals surface area contributed by atoms with Gasteiger partial charge in [-0.2, -0.15) is 0 Å². The molecule has 1 aromatic carbocycles. The molecular formula is C15H14N2O3. The molecule has 0 aliphatic rings. The minimum absolute atomic E-state index is 0.283. The number of rotatable bonds is 4. The van der Waals surface area contributed by atoms with Gasteiger partial charge in [-0.15, -0.1) is 0 Å². The summed E-state index contributed by atoms with van der Waals surface area (Å²) >= 11 is 0. The number of benzene rings is 1. The van der Waals surface area contributed by atoms with Crippen LogP contribution in [0, 0.1) is 0 Å². The first-order chi connectivity index (χ1) is 9.79. The summed E-state index contributed by atoms with van der Waals surface area (Å²) in [5.74, 6) is 1.10. The lowest BCUT2D eigenvalue weighted by molar-refractivity contribution is 0.340. The Bertz CT molecular complexity index is 684. The fraction of sp³-hybridized carbons (Fsp3) is 0.133. The molecule has 3 rings (SSSR count). The van der Waals surface area contributed by atoms with Crippen molar-refractivity contribution in [3.63, 3.8) is 0 Å². The molecule has 0 aliphatic carbocycles. The number of ether oxygens (including phenoxy) is 1. The van der Waals surface area contributed by atoms with Gasteiger partial charge < -0.3 is 19.4 Å². The Morgan fingerprint density at radius 2 is 1.95 bits per heavy atom. The van der Waals surface area contributed by atoms with Gasteiger partial charge in [0.05, 0.1) is 24.7 Å². The fourth-order valence-electron chi connectivity index (χ4n) is 2.06. The monoisotopic (exact) mass is 270 g/mol. The van der Waals surface area contributed by atoms with E-state index in [4.69, 9.17) is 19.4 Å². The Morgan fingerprint density at radius 1 is 1.15 bits per heavy atom. The van der Waals surface area contributed by atoms with Gasteiger partial charge in [0.2, 0.25) is 5.88 Å². The summed E-state index contributed by atoms with van der Waals surface area (Å²) in [5.41, 5.74) is 9.06. The van der Waals surface area contributed by atoms with Gasteiger partial charge in [0, 0.05) is 5.56 Å². The molecule has 0 unspecified atom stereocenters. The van der Waals surface area contributed by atoms with Gasteiger partial charge in [0.1, 0.15) is 11.4 Å². The fourth-order valence-corrected chi connectivity index (χ4v) is 2.06. The molecule has 5 heteroatoms. The van der Waals surface area contributed by atoms with Crippen LogP contribution in [0.4, 0.5) is 5.88 Å². The highest BCUT2D eigenvalue weighted by atomic mass is 16.5. The Balaban J connectivity index is 2.03. The van der Waals surface area contributed by atoms with E-state index in [0.717, 1.165) is 22.4 Å². The summed E-state index contributed by atoms with van der Waals surface area (Å²) in [5, 5.41) is 4.00. The van der Waals surface area contributed by atoms with Crippen molar-refractivity contribution >= 4 is 5.88 Å². The lowest BCUT2D eigenvalue weighted by Crippen LogP contribution is -1.91. The maximum absolute atomic E-state index is 5.89. The summed E-state index contributed by atoms with van der Waals surface area (Å²) < 4.78 is 15.6. The second kappa shape index (κ2) is 5.13. The standard InChI is InChI=1S/C15H14N2O3/c1-2-19-12-5-3-10(4-6-12)13-14(17-20-15(13)16)11-7-8-18-9-11/h3-9H,2,16H2,1H3. The molecule has 102 valence electrons. The van der Waals surface area contributed by atoms with E-state index in [1.807, 2.05) is 37.3 Å². The van der Waals surface area contributed by atoms with Crippen LogP contribution in [0.15, 0.2) is 51.8 Å². The summed E-state index contributed by atoms with van der Waals surface area (Å²) in [6, 6.07) is 9.46. The van der Waals surface area contributed by atoms with Gasteiger partial charge in [-0.05, 0) is 30.7 Å². The minimum atomic E-state index is 0.283. The maximum atomic E-state index is 5.89. The van der Waals surface area contributed by atoms with Crippen LogP contribution in [-0.4, -0.2) is 11.8 Å². The first kappa shape index (κ1) is 12.3. The summed E-state index contributed by atoms with van der Waals surface area (Å²) in [6.07, 6.45) is 3.19. The van der Waals surface area contributed by atoms with Crippen LogP contribution in [0.5, 0.6) is 5.75 Å². The Kier molecular flexibility index (Phi) is 3.16. The number of nitrogen functional groups attached to an aromatic ring is 1. The van der Waals surface area contributed by atoms with E-state index < -0.39 is 0 Å². The molecule has 2 N–H and O–H groups in total. The van der Waals surface area contributed by atoms with Gasteiger partial charge in [-0.25, -0.2) is 0 Å². The van der Waals surface area contributed by atoms with Crippen LogP contribution in [0.25, 0.3) is 22.4 Å². The largest absolute Gasteiger partial charge is 0.494 e. The lowest BCUT2D eigenvalue weighted by Gasteiger charge is -2.05. The van der Waals surface area contributed by atoms with Gasteiger partial charge in [-0.3, -0.25) is 0 Å². The zero-order valence-electron chi connectivity index (χ0n) is 11.0. The second-order valence-corrected chi connectivity index (χ2v) is 4.24. The van der Waals surface area contributed by atoms with E-state index in [1.54, 1.807) is 12.5 Å². The lowest BCUT2D eigenvalue weighted by atomic mass is 10.0. The Hall–Kier alpha value is -2.69. The molecule has 2 heterocycles. The normalized spacial score (nSPS) is 10.7. The minimum Gasteiger partial charge on any atom is -0.494 e. The molecule has 0 aliphatic heterocycles. The molecule has 0 saturated heterocycles. The Morgan fingerprint density at radius 3 is 2.60 bits per heavy atom. The zero-order valence-corrected chi connectivity index (χ0v) is 11.0. The van der Waals surface area contributed by atoms with E-state index in [2.05, 4.69) is 5.16 Å². The number of nitrogens with two attached hydrogens (primary N) is 1. The highest BCUT2D eigenvalue weighted by molar-refractivity contribution is 5.86. The van der Waals surface area contributed by atoms with E-state index in [-0.39, 0.29) is 5.88 Å². The van der Waals surface area contributed by atoms with Crippen molar-refractivity contribution in [2.75, 3.05) is 12.3 Å². The van der Waals surface area contributed by atoms with Crippen LogP contribution < -0.4 is 10.5 Å². The van der Waals surface area contributed by atoms with Crippen LogP contribution in [0.2, 0.25) is 0 Å². The molecule has 0 spiro atoms. The van der Waals surface area contributed by atoms with Crippen molar-refractivity contribution in [2.24, 2.45) is 0 Å². The van der Waals surface area contributed by atoms with Crippen molar-refractivity contribution < 1.29 is 13.7 Å². The van der Waals surface area contributed by atoms with Gasteiger partial charge >= 0.3 is 0 Å². The number of anilines is 1. The van der Waals surface area contributed by atoms with Crippen LogP contribution in [-0.2, 0) is 0 Å². The zero-order chi connectivity index (χ0) is 13.9. The van der Waals surface area contributed by atoms with Crippen molar-refractivity contribution in [1.82, 2.24) is 5.16 Å². The molecule has 20 heavy (non-hydrogen) atoms. The molecule has 2 aromatic heterocycles. The predicted octanol–water partition coefficient (Wildman–Crippen LogP) is 3.58. The molecule has 3 aromatic rings. The van der Waals surface area contributed by atoms with Gasteiger partial charge in [-0.1, -0.05) is 17.3 Å². The molecule has 0 bridgehead atoms. The summed E-state index contributed by atoms with van der Waals surface area (Å²) in [7, 11) is 0.